The Balaban J connectivity index is 1.64. The average molecular weight is 348 g/mol. The minimum atomic E-state index is -1.35. The molecule has 0 aromatic carbocycles. The number of aliphatic hydroxyl groups excluding tert-OH is 1. The van der Waals surface area contributed by atoms with E-state index in [9.17, 15) is 19.8 Å². The highest BCUT2D eigenvalue weighted by molar-refractivity contribution is 5.89. The Bertz CT molecular complexity index is 601. The molecule has 0 amide bonds. The van der Waals surface area contributed by atoms with Crippen LogP contribution in [0.5, 0.6) is 0 Å². The molecular weight excluding hydrogens is 316 g/mol. The van der Waals surface area contributed by atoms with Crippen molar-refractivity contribution >= 4 is 11.6 Å². The second-order valence-electron chi connectivity index (χ2n) is 9.84. The van der Waals surface area contributed by atoms with Gasteiger partial charge in [0.1, 0.15) is 18.0 Å². The van der Waals surface area contributed by atoms with E-state index in [0.29, 0.717) is 35.9 Å². The van der Waals surface area contributed by atoms with Crippen molar-refractivity contribution in [3.63, 3.8) is 0 Å². The first-order valence-electron chi connectivity index (χ1n) is 10.1. The minimum absolute atomic E-state index is 0.250. The van der Waals surface area contributed by atoms with Crippen molar-refractivity contribution < 1.29 is 19.8 Å². The third-order valence-electron chi connectivity index (χ3n) is 9.24. The van der Waals surface area contributed by atoms with Gasteiger partial charge in [0.05, 0.1) is 0 Å². The van der Waals surface area contributed by atoms with Gasteiger partial charge < -0.3 is 10.2 Å². The predicted molar refractivity (Wildman–Crippen MR) is 93.8 cm³/mol. The van der Waals surface area contributed by atoms with Gasteiger partial charge in [-0.2, -0.15) is 0 Å². The van der Waals surface area contributed by atoms with E-state index in [1.165, 1.54) is 0 Å². The van der Waals surface area contributed by atoms with E-state index in [-0.39, 0.29) is 11.2 Å². The Morgan fingerprint density at radius 1 is 1.08 bits per heavy atom. The van der Waals surface area contributed by atoms with E-state index < -0.39 is 17.6 Å². The number of carbonyl (C=O) groups is 2. The molecule has 0 aromatic heterocycles. The fourth-order valence-corrected chi connectivity index (χ4v) is 7.65. The van der Waals surface area contributed by atoms with Crippen LogP contribution in [0.2, 0.25) is 0 Å². The molecule has 25 heavy (non-hydrogen) atoms. The van der Waals surface area contributed by atoms with Crippen LogP contribution in [-0.2, 0) is 9.59 Å². The molecule has 0 heterocycles. The van der Waals surface area contributed by atoms with Crippen LogP contribution in [0, 0.1) is 34.5 Å². The van der Waals surface area contributed by atoms with Gasteiger partial charge in [-0.25, -0.2) is 0 Å². The monoisotopic (exact) mass is 348 g/mol. The van der Waals surface area contributed by atoms with Crippen molar-refractivity contribution in [3.05, 3.63) is 0 Å². The van der Waals surface area contributed by atoms with Gasteiger partial charge in [0.15, 0.2) is 5.78 Å². The van der Waals surface area contributed by atoms with E-state index in [4.69, 9.17) is 0 Å². The summed E-state index contributed by atoms with van der Waals surface area (Å²) >= 11 is 0. The van der Waals surface area contributed by atoms with Crippen molar-refractivity contribution in [2.24, 2.45) is 34.5 Å². The first-order valence-corrected chi connectivity index (χ1v) is 10.1. The van der Waals surface area contributed by atoms with Gasteiger partial charge in [0, 0.05) is 18.3 Å². The van der Waals surface area contributed by atoms with E-state index in [1.807, 2.05) is 0 Å². The highest BCUT2D eigenvalue weighted by Gasteiger charge is 2.66. The zero-order chi connectivity index (χ0) is 18.0. The highest BCUT2D eigenvalue weighted by atomic mass is 16.3. The Morgan fingerprint density at radius 2 is 1.80 bits per heavy atom. The Morgan fingerprint density at radius 3 is 2.52 bits per heavy atom. The number of aliphatic hydroxyl groups is 2. The summed E-state index contributed by atoms with van der Waals surface area (Å²) < 4.78 is 0. The standard InChI is InChI=1S/C21H32O4/c1-19-8-5-14(23)11-13(19)3-4-15-16(19)6-9-20(2)17(15)7-10-21(20,25)18(24)12-22/h13,15-17,22,25H,3-12H2,1-2H3/t13-,15+,16-,17-,19-,20-,21+/m0/s1. The van der Waals surface area contributed by atoms with Crippen LogP contribution in [0.25, 0.3) is 0 Å². The van der Waals surface area contributed by atoms with Gasteiger partial charge in [-0.15, -0.1) is 0 Å². The van der Waals surface area contributed by atoms with Gasteiger partial charge in [0.2, 0.25) is 0 Å². The molecule has 0 aromatic rings. The molecule has 0 unspecified atom stereocenters. The van der Waals surface area contributed by atoms with Gasteiger partial charge >= 0.3 is 0 Å². The molecule has 4 saturated carbocycles. The number of hydrogen-bond acceptors (Lipinski definition) is 4. The summed E-state index contributed by atoms with van der Waals surface area (Å²) in [6.45, 7) is 3.94. The molecule has 0 saturated heterocycles. The van der Waals surface area contributed by atoms with Crippen LogP contribution < -0.4 is 0 Å². The van der Waals surface area contributed by atoms with Crippen LogP contribution in [0.1, 0.15) is 71.6 Å². The van der Waals surface area contributed by atoms with Crippen molar-refractivity contribution in [2.45, 2.75) is 77.2 Å². The van der Waals surface area contributed by atoms with Crippen molar-refractivity contribution in [1.82, 2.24) is 0 Å². The fraction of sp³-hybridized carbons (Fsp3) is 0.905. The number of Topliss-reactive ketones (excluding diaryl/α,β-unsaturated/α-hetero) is 2. The fourth-order valence-electron chi connectivity index (χ4n) is 7.65. The van der Waals surface area contributed by atoms with Gasteiger partial charge in [0.25, 0.3) is 0 Å². The maximum absolute atomic E-state index is 12.3. The van der Waals surface area contributed by atoms with Crippen LogP contribution in [0.4, 0.5) is 0 Å². The van der Waals surface area contributed by atoms with E-state index in [0.717, 1.165) is 51.4 Å². The molecule has 0 spiro atoms. The van der Waals surface area contributed by atoms with Gasteiger partial charge in [-0.1, -0.05) is 13.8 Å². The largest absolute Gasteiger partial charge is 0.388 e. The summed E-state index contributed by atoms with van der Waals surface area (Å²) in [5, 5.41) is 20.6. The lowest BCUT2D eigenvalue weighted by Crippen LogP contribution is -2.59. The maximum atomic E-state index is 12.3. The molecule has 4 aliphatic carbocycles. The van der Waals surface area contributed by atoms with Crippen LogP contribution >= 0.6 is 0 Å². The second kappa shape index (κ2) is 5.63. The SMILES string of the molecule is C[C@]12CCC(=O)C[C@@H]1CC[C@@H]1[C@@H]2CC[C@@]2(C)[C@H]1CC[C@@]2(O)C(=O)CO. The summed E-state index contributed by atoms with van der Waals surface area (Å²) in [6, 6.07) is 0. The maximum Gasteiger partial charge on any atom is 0.190 e. The molecule has 4 heteroatoms. The number of hydrogen-bond donors (Lipinski definition) is 2. The minimum Gasteiger partial charge on any atom is -0.388 e. The number of ketones is 2. The average Bonchev–Trinajstić information content (AvgIpc) is 2.87. The highest BCUT2D eigenvalue weighted by Crippen LogP contribution is 2.68. The molecule has 4 rings (SSSR count). The van der Waals surface area contributed by atoms with Crippen molar-refractivity contribution in [3.8, 4) is 0 Å². The topological polar surface area (TPSA) is 74.6 Å². The molecule has 0 aliphatic heterocycles. The van der Waals surface area contributed by atoms with E-state index in [1.54, 1.807) is 0 Å². The van der Waals surface area contributed by atoms with E-state index >= 15 is 0 Å². The normalized spacial score (nSPS) is 52.2. The number of fused-ring (bicyclic) bond motifs is 5. The first-order chi connectivity index (χ1) is 11.8. The molecule has 4 nitrogen and oxygen atoms in total. The molecule has 2 N–H and O–H groups in total. The zero-order valence-electron chi connectivity index (χ0n) is 15.6. The molecule has 140 valence electrons. The molecule has 0 bridgehead atoms. The third-order valence-corrected chi connectivity index (χ3v) is 9.24. The molecule has 7 atom stereocenters. The predicted octanol–water partition coefficient (Wildman–Crippen LogP) is 2.89. The molecular formula is C21H32O4. The second-order valence-corrected chi connectivity index (χ2v) is 9.84. The lowest BCUT2D eigenvalue weighted by molar-refractivity contribution is -0.172. The quantitative estimate of drug-likeness (QED) is 0.805. The van der Waals surface area contributed by atoms with Crippen molar-refractivity contribution in [1.29, 1.82) is 0 Å². The van der Waals surface area contributed by atoms with E-state index in [2.05, 4.69) is 13.8 Å². The van der Waals surface area contributed by atoms with Crippen LogP contribution in [-0.4, -0.2) is 34.0 Å². The van der Waals surface area contributed by atoms with Gasteiger partial charge in [-0.05, 0) is 74.0 Å². The Labute approximate surface area is 150 Å². The van der Waals surface area contributed by atoms with Crippen molar-refractivity contribution in [2.75, 3.05) is 6.61 Å². The summed E-state index contributed by atoms with van der Waals surface area (Å²) in [7, 11) is 0. The lowest BCUT2D eigenvalue weighted by Gasteiger charge is -2.60. The molecule has 0 radical (unpaired) electrons. The first kappa shape index (κ1) is 17.7. The number of rotatable bonds is 2. The van der Waals surface area contributed by atoms with Crippen LogP contribution in [0.15, 0.2) is 0 Å². The molecule has 4 fully saturated rings. The smallest absolute Gasteiger partial charge is 0.190 e. The Kier molecular flexibility index (Phi) is 3.98. The lowest BCUT2D eigenvalue weighted by atomic mass is 9.44. The van der Waals surface area contributed by atoms with Crippen LogP contribution in [0.3, 0.4) is 0 Å². The third kappa shape index (κ3) is 2.19. The Hall–Kier alpha value is -0.740. The summed E-state index contributed by atoms with van der Waals surface area (Å²) in [5.41, 5.74) is -1.50. The summed E-state index contributed by atoms with van der Waals surface area (Å²) in [4.78, 5) is 24.3. The van der Waals surface area contributed by atoms with Gasteiger partial charge in [-0.3, -0.25) is 9.59 Å². The zero-order valence-corrected chi connectivity index (χ0v) is 15.6. The molecule has 4 aliphatic rings. The number of carbonyl (C=O) groups excluding carboxylic acids is 2. The summed E-state index contributed by atoms with van der Waals surface area (Å²) in [5.74, 6) is 2.10. The summed E-state index contributed by atoms with van der Waals surface area (Å²) in [6.07, 6.45) is 8.02.